The lowest BCUT2D eigenvalue weighted by atomic mass is 10.0. The number of hydrogen-bond acceptors (Lipinski definition) is 1. The number of hydrogen-bond donors (Lipinski definition) is 0. The summed E-state index contributed by atoms with van der Waals surface area (Å²) < 4.78 is 0. The molecule has 2 nitrogen and oxygen atoms in total. The van der Waals surface area contributed by atoms with Crippen LogP contribution in [0.1, 0.15) is 47.5 Å². The highest BCUT2D eigenvalue weighted by atomic mass is 16.2. The third kappa shape index (κ3) is 5.60. The number of likely N-dealkylation sites (tertiary alicyclic amines) is 1. The summed E-state index contributed by atoms with van der Waals surface area (Å²) in [5.41, 5.74) is 1.09. The van der Waals surface area contributed by atoms with Crippen molar-refractivity contribution in [3.8, 4) is 0 Å². The number of nitrogens with zero attached hydrogens (tertiary/aromatic N) is 1. The molecule has 0 N–H and O–H groups in total. The average molecular weight is 211 g/mol. The van der Waals surface area contributed by atoms with E-state index in [2.05, 4.69) is 6.92 Å². The molecule has 1 rings (SSSR count). The Labute approximate surface area is 94.4 Å². The smallest absolute Gasteiger partial charge is 0.246 e. The maximum atomic E-state index is 11.6. The summed E-state index contributed by atoms with van der Waals surface area (Å²) in [7, 11) is 0. The van der Waals surface area contributed by atoms with Gasteiger partial charge in [-0.25, -0.2) is 0 Å². The van der Waals surface area contributed by atoms with E-state index in [9.17, 15) is 4.79 Å². The lowest BCUT2D eigenvalue weighted by molar-refractivity contribution is -0.127. The summed E-state index contributed by atoms with van der Waals surface area (Å²) in [6.07, 6.45) is 4.15. The van der Waals surface area contributed by atoms with Crippen molar-refractivity contribution in [2.45, 2.75) is 47.5 Å². The summed E-state index contributed by atoms with van der Waals surface area (Å²) in [5.74, 6) is 0.856. The molecule has 1 saturated heterocycles. The number of amides is 1. The van der Waals surface area contributed by atoms with Crippen LogP contribution in [0, 0.1) is 5.92 Å². The minimum atomic E-state index is 0.187. The SMILES string of the molecule is CC.CC(C)=CC(=O)N1CCCC(C)C1. The van der Waals surface area contributed by atoms with Gasteiger partial charge in [0.05, 0.1) is 0 Å². The predicted molar refractivity (Wildman–Crippen MR) is 65.8 cm³/mol. The van der Waals surface area contributed by atoms with Gasteiger partial charge in [0.1, 0.15) is 0 Å². The van der Waals surface area contributed by atoms with Crippen LogP contribution >= 0.6 is 0 Å². The van der Waals surface area contributed by atoms with Gasteiger partial charge in [-0.3, -0.25) is 4.79 Å². The van der Waals surface area contributed by atoms with Crippen molar-refractivity contribution in [1.82, 2.24) is 4.90 Å². The van der Waals surface area contributed by atoms with Gasteiger partial charge in [-0.1, -0.05) is 26.3 Å². The van der Waals surface area contributed by atoms with Gasteiger partial charge in [-0.15, -0.1) is 0 Å². The monoisotopic (exact) mass is 211 g/mol. The molecule has 15 heavy (non-hydrogen) atoms. The van der Waals surface area contributed by atoms with Crippen LogP contribution < -0.4 is 0 Å². The molecule has 0 aromatic carbocycles. The number of carbonyl (C=O) groups is 1. The molecule has 0 aromatic heterocycles. The highest BCUT2D eigenvalue weighted by molar-refractivity contribution is 5.88. The molecule has 0 aliphatic carbocycles. The van der Waals surface area contributed by atoms with Crippen molar-refractivity contribution < 1.29 is 4.79 Å². The Kier molecular flexibility index (Phi) is 7.10. The largest absolute Gasteiger partial charge is 0.339 e. The summed E-state index contributed by atoms with van der Waals surface area (Å²) in [4.78, 5) is 13.6. The Bertz CT molecular complexity index is 217. The summed E-state index contributed by atoms with van der Waals surface area (Å²) >= 11 is 0. The fraction of sp³-hybridized carbons (Fsp3) is 0.769. The molecule has 0 bridgehead atoms. The first-order valence-corrected chi connectivity index (χ1v) is 6.03. The molecule has 1 aliphatic heterocycles. The van der Waals surface area contributed by atoms with E-state index in [0.29, 0.717) is 5.92 Å². The molecule has 88 valence electrons. The number of piperidine rings is 1. The molecule has 0 saturated carbocycles. The van der Waals surface area contributed by atoms with Gasteiger partial charge < -0.3 is 4.90 Å². The fourth-order valence-corrected chi connectivity index (χ4v) is 1.73. The molecular weight excluding hydrogens is 186 g/mol. The van der Waals surface area contributed by atoms with E-state index in [1.165, 1.54) is 6.42 Å². The highest BCUT2D eigenvalue weighted by Gasteiger charge is 2.18. The Morgan fingerprint density at radius 2 is 1.93 bits per heavy atom. The van der Waals surface area contributed by atoms with Crippen LogP contribution in [0.2, 0.25) is 0 Å². The summed E-state index contributed by atoms with van der Waals surface area (Å²) in [6.45, 7) is 12.0. The van der Waals surface area contributed by atoms with E-state index in [1.807, 2.05) is 32.6 Å². The van der Waals surface area contributed by atoms with E-state index in [4.69, 9.17) is 0 Å². The van der Waals surface area contributed by atoms with Crippen LogP contribution in [0.5, 0.6) is 0 Å². The lowest BCUT2D eigenvalue weighted by Gasteiger charge is -2.30. The molecule has 1 amide bonds. The van der Waals surface area contributed by atoms with Crippen LogP contribution in [-0.4, -0.2) is 23.9 Å². The van der Waals surface area contributed by atoms with Crippen LogP contribution in [0.4, 0.5) is 0 Å². The van der Waals surface area contributed by atoms with Crippen molar-refractivity contribution >= 4 is 5.91 Å². The molecule has 0 spiro atoms. The molecule has 0 radical (unpaired) electrons. The summed E-state index contributed by atoms with van der Waals surface area (Å²) in [5, 5.41) is 0. The minimum absolute atomic E-state index is 0.187. The van der Waals surface area contributed by atoms with Crippen LogP contribution in [0.25, 0.3) is 0 Å². The highest BCUT2D eigenvalue weighted by Crippen LogP contribution is 2.15. The Balaban J connectivity index is 0.000000921. The first-order chi connectivity index (χ1) is 7.09. The topological polar surface area (TPSA) is 20.3 Å². The molecule has 1 atom stereocenters. The van der Waals surface area contributed by atoms with E-state index in [-0.39, 0.29) is 5.91 Å². The Morgan fingerprint density at radius 3 is 2.40 bits per heavy atom. The first kappa shape index (κ1) is 14.2. The second-order valence-corrected chi connectivity index (χ2v) is 4.25. The van der Waals surface area contributed by atoms with E-state index in [0.717, 1.165) is 25.1 Å². The van der Waals surface area contributed by atoms with Gasteiger partial charge in [0, 0.05) is 19.2 Å². The van der Waals surface area contributed by atoms with Crippen molar-refractivity contribution in [2.75, 3.05) is 13.1 Å². The molecule has 1 fully saturated rings. The molecule has 0 aromatic rings. The average Bonchev–Trinajstić information content (AvgIpc) is 2.20. The van der Waals surface area contributed by atoms with Crippen LogP contribution in [0.3, 0.4) is 0 Å². The van der Waals surface area contributed by atoms with Gasteiger partial charge in [0.15, 0.2) is 0 Å². The molecule has 2 heteroatoms. The number of allylic oxidation sites excluding steroid dienone is 1. The van der Waals surface area contributed by atoms with Crippen molar-refractivity contribution in [1.29, 1.82) is 0 Å². The molecular formula is C13H25NO. The number of rotatable bonds is 1. The van der Waals surface area contributed by atoms with E-state index >= 15 is 0 Å². The minimum Gasteiger partial charge on any atom is -0.339 e. The third-order valence-corrected chi connectivity index (χ3v) is 2.38. The third-order valence-electron chi connectivity index (χ3n) is 2.38. The van der Waals surface area contributed by atoms with Gasteiger partial charge in [-0.2, -0.15) is 0 Å². The molecule has 1 aliphatic rings. The van der Waals surface area contributed by atoms with E-state index < -0.39 is 0 Å². The van der Waals surface area contributed by atoms with Gasteiger partial charge in [0.25, 0.3) is 0 Å². The molecule has 1 unspecified atom stereocenters. The maximum absolute atomic E-state index is 11.6. The maximum Gasteiger partial charge on any atom is 0.246 e. The van der Waals surface area contributed by atoms with E-state index in [1.54, 1.807) is 6.08 Å². The predicted octanol–water partition coefficient (Wildman–Crippen LogP) is 3.24. The van der Waals surface area contributed by atoms with Crippen LogP contribution in [0.15, 0.2) is 11.6 Å². The van der Waals surface area contributed by atoms with Gasteiger partial charge in [-0.05, 0) is 32.6 Å². The Hall–Kier alpha value is -0.790. The second kappa shape index (κ2) is 7.49. The Morgan fingerprint density at radius 1 is 1.33 bits per heavy atom. The zero-order valence-corrected chi connectivity index (χ0v) is 10.8. The van der Waals surface area contributed by atoms with Crippen molar-refractivity contribution in [3.63, 3.8) is 0 Å². The molecule has 1 heterocycles. The normalized spacial score (nSPS) is 20.1. The summed E-state index contributed by atoms with van der Waals surface area (Å²) in [6, 6.07) is 0. The lowest BCUT2D eigenvalue weighted by Crippen LogP contribution is -2.38. The van der Waals surface area contributed by atoms with Crippen molar-refractivity contribution in [3.05, 3.63) is 11.6 Å². The quantitative estimate of drug-likeness (QED) is 0.610. The fourth-order valence-electron chi connectivity index (χ4n) is 1.73. The first-order valence-electron chi connectivity index (χ1n) is 6.03. The number of carbonyl (C=O) groups excluding carboxylic acids is 1. The van der Waals surface area contributed by atoms with Gasteiger partial charge >= 0.3 is 0 Å². The standard InChI is InChI=1S/C11H19NO.C2H6/c1-9(2)7-11(13)12-6-4-5-10(3)8-12;1-2/h7,10H,4-6,8H2,1-3H3;1-2H3. The zero-order chi connectivity index (χ0) is 11.8. The van der Waals surface area contributed by atoms with Crippen molar-refractivity contribution in [2.24, 2.45) is 5.92 Å². The van der Waals surface area contributed by atoms with Gasteiger partial charge in [0.2, 0.25) is 5.91 Å². The zero-order valence-electron chi connectivity index (χ0n) is 10.8. The van der Waals surface area contributed by atoms with Crippen LogP contribution in [-0.2, 0) is 4.79 Å². The second-order valence-electron chi connectivity index (χ2n) is 4.25.